The number of nitrogens with zero attached hydrogens (tertiary/aromatic N) is 1. The predicted molar refractivity (Wildman–Crippen MR) is 110 cm³/mol. The number of ether oxygens (including phenoxy) is 2. The van der Waals surface area contributed by atoms with Gasteiger partial charge in [-0.2, -0.15) is 0 Å². The van der Waals surface area contributed by atoms with Gasteiger partial charge in [-0.05, 0) is 42.7 Å². The van der Waals surface area contributed by atoms with Crippen molar-refractivity contribution in [2.24, 2.45) is 5.92 Å². The molecule has 2 rings (SSSR count). The minimum absolute atomic E-state index is 0.196. The molecule has 1 aliphatic rings. The molecule has 1 aromatic rings. The van der Waals surface area contributed by atoms with Gasteiger partial charge in [-0.1, -0.05) is 32.9 Å². The number of hydrogen-bond donors (Lipinski definition) is 0. The Morgan fingerprint density at radius 3 is 2.37 bits per heavy atom. The summed E-state index contributed by atoms with van der Waals surface area (Å²) in [5.74, 6) is 1.53. The molecule has 0 unspecified atom stereocenters. The second-order valence-electron chi connectivity index (χ2n) is 6.68. The van der Waals surface area contributed by atoms with E-state index in [9.17, 15) is 9.59 Å². The quantitative estimate of drug-likeness (QED) is 0.422. The van der Waals surface area contributed by atoms with Gasteiger partial charge in [-0.3, -0.25) is 14.5 Å². The van der Waals surface area contributed by atoms with E-state index in [1.54, 1.807) is 0 Å². The van der Waals surface area contributed by atoms with Crippen LogP contribution in [0.4, 0.5) is 0 Å². The number of rotatable bonds is 11. The highest BCUT2D eigenvalue weighted by molar-refractivity contribution is 8.04. The van der Waals surface area contributed by atoms with Crippen molar-refractivity contribution in [3.63, 3.8) is 0 Å². The van der Waals surface area contributed by atoms with Gasteiger partial charge in [0.15, 0.2) is 0 Å². The average Bonchev–Trinajstić information content (AvgIpc) is 2.88. The smallest absolute Gasteiger partial charge is 0.267 e. The lowest BCUT2D eigenvalue weighted by Gasteiger charge is -2.15. The fourth-order valence-electron chi connectivity index (χ4n) is 2.74. The summed E-state index contributed by atoms with van der Waals surface area (Å²) in [7, 11) is 0. The van der Waals surface area contributed by atoms with Gasteiger partial charge in [0.05, 0.1) is 17.1 Å². The summed E-state index contributed by atoms with van der Waals surface area (Å²) in [6, 6.07) is 7.43. The molecule has 0 saturated carbocycles. The maximum atomic E-state index is 12.9. The van der Waals surface area contributed by atoms with Gasteiger partial charge in [0.2, 0.25) is 0 Å². The van der Waals surface area contributed by atoms with E-state index in [0.717, 1.165) is 17.1 Å². The second-order valence-corrected chi connectivity index (χ2v) is 7.95. The van der Waals surface area contributed by atoms with Crippen LogP contribution < -0.4 is 4.74 Å². The monoisotopic (exact) mass is 391 g/mol. The maximum Gasteiger partial charge on any atom is 0.267 e. The van der Waals surface area contributed by atoms with E-state index in [1.165, 1.54) is 16.7 Å². The molecule has 0 atom stereocenters. The zero-order valence-electron chi connectivity index (χ0n) is 16.6. The minimum atomic E-state index is -0.219. The molecular formula is C21H29NO4S. The first kappa shape index (κ1) is 21.5. The Bertz CT molecular complexity index is 682. The van der Waals surface area contributed by atoms with Crippen LogP contribution in [-0.4, -0.2) is 48.8 Å². The van der Waals surface area contributed by atoms with Crippen molar-refractivity contribution in [2.75, 3.05) is 32.1 Å². The van der Waals surface area contributed by atoms with Crippen molar-refractivity contribution in [1.82, 2.24) is 4.90 Å². The number of thioether (sulfide) groups is 1. The van der Waals surface area contributed by atoms with Crippen LogP contribution in [0.1, 0.15) is 39.7 Å². The Labute approximate surface area is 166 Å². The molecule has 0 aromatic heterocycles. The number of benzene rings is 1. The Balaban J connectivity index is 2.18. The Morgan fingerprint density at radius 1 is 1.07 bits per heavy atom. The Morgan fingerprint density at radius 2 is 1.78 bits per heavy atom. The summed E-state index contributed by atoms with van der Waals surface area (Å²) < 4.78 is 11.0. The molecule has 6 heteroatoms. The number of imide groups is 1. The summed E-state index contributed by atoms with van der Waals surface area (Å²) in [5.41, 5.74) is 1.26. The normalized spacial score (nSPS) is 14.6. The van der Waals surface area contributed by atoms with Crippen molar-refractivity contribution in [3.05, 3.63) is 34.7 Å². The topological polar surface area (TPSA) is 55.8 Å². The molecule has 0 radical (unpaired) electrons. The van der Waals surface area contributed by atoms with E-state index >= 15 is 0 Å². The molecule has 0 fully saturated rings. The third kappa shape index (κ3) is 5.59. The van der Waals surface area contributed by atoms with Crippen LogP contribution in [-0.2, 0) is 14.3 Å². The maximum absolute atomic E-state index is 12.9. The van der Waals surface area contributed by atoms with Gasteiger partial charge >= 0.3 is 0 Å². The number of carbonyl (C=O) groups excluding carboxylic acids is 2. The standard InChI is InChI=1S/C21H29NO4S/c1-5-25-13-7-12-22-20(23)18(19(21(22)24)27-6-2)16-8-10-17(11-9-16)26-14-15(3)4/h8-11,15H,5-7,12-14H2,1-4H3. The molecule has 2 amide bonds. The first-order valence-electron chi connectivity index (χ1n) is 9.53. The summed E-state index contributed by atoms with van der Waals surface area (Å²) in [4.78, 5) is 27.6. The van der Waals surface area contributed by atoms with Crippen LogP contribution >= 0.6 is 11.8 Å². The zero-order chi connectivity index (χ0) is 19.8. The lowest BCUT2D eigenvalue weighted by atomic mass is 10.1. The van der Waals surface area contributed by atoms with Gasteiger partial charge in [-0.25, -0.2) is 0 Å². The van der Waals surface area contributed by atoms with Crippen molar-refractivity contribution in [3.8, 4) is 5.75 Å². The van der Waals surface area contributed by atoms with E-state index < -0.39 is 0 Å². The molecular weight excluding hydrogens is 362 g/mol. The second kappa shape index (κ2) is 10.5. The number of amides is 2. The van der Waals surface area contributed by atoms with Crippen molar-refractivity contribution >= 4 is 29.1 Å². The zero-order valence-corrected chi connectivity index (χ0v) is 17.4. The van der Waals surface area contributed by atoms with Gasteiger partial charge < -0.3 is 9.47 Å². The fraction of sp³-hybridized carbons (Fsp3) is 0.524. The Kier molecular flexibility index (Phi) is 8.38. The van der Waals surface area contributed by atoms with Crippen LogP contribution in [0.5, 0.6) is 5.75 Å². The largest absolute Gasteiger partial charge is 0.493 e. The average molecular weight is 392 g/mol. The summed E-state index contributed by atoms with van der Waals surface area (Å²) in [6.45, 7) is 10.3. The van der Waals surface area contributed by atoms with Gasteiger partial charge in [-0.15, -0.1) is 11.8 Å². The Hall–Kier alpha value is -1.79. The van der Waals surface area contributed by atoms with Crippen molar-refractivity contribution < 1.29 is 19.1 Å². The first-order chi connectivity index (χ1) is 13.0. The highest BCUT2D eigenvalue weighted by Gasteiger charge is 2.38. The molecule has 1 aliphatic heterocycles. The van der Waals surface area contributed by atoms with Crippen LogP contribution in [0.25, 0.3) is 5.57 Å². The van der Waals surface area contributed by atoms with E-state index in [0.29, 0.717) is 49.2 Å². The molecule has 0 saturated heterocycles. The molecule has 1 heterocycles. The van der Waals surface area contributed by atoms with Crippen molar-refractivity contribution in [1.29, 1.82) is 0 Å². The van der Waals surface area contributed by atoms with E-state index in [4.69, 9.17) is 9.47 Å². The summed E-state index contributed by atoms with van der Waals surface area (Å²) >= 11 is 1.42. The fourth-order valence-corrected chi connectivity index (χ4v) is 3.61. The van der Waals surface area contributed by atoms with Crippen LogP contribution in [0, 0.1) is 5.92 Å². The molecule has 0 N–H and O–H groups in total. The van der Waals surface area contributed by atoms with Crippen LogP contribution in [0.15, 0.2) is 29.2 Å². The number of hydrogen-bond acceptors (Lipinski definition) is 5. The van der Waals surface area contributed by atoms with E-state index in [2.05, 4.69) is 13.8 Å². The SMILES string of the molecule is CCOCCCN1C(=O)C(SCC)=C(c2ccc(OCC(C)C)cc2)C1=O. The van der Waals surface area contributed by atoms with Gasteiger partial charge in [0.1, 0.15) is 5.75 Å². The summed E-state index contributed by atoms with van der Waals surface area (Å²) in [6.07, 6.45) is 0.644. The van der Waals surface area contributed by atoms with Crippen molar-refractivity contribution in [2.45, 2.75) is 34.1 Å². The molecule has 148 valence electrons. The van der Waals surface area contributed by atoms with Gasteiger partial charge in [0, 0.05) is 19.8 Å². The lowest BCUT2D eigenvalue weighted by Crippen LogP contribution is -2.33. The highest BCUT2D eigenvalue weighted by atomic mass is 32.2. The molecule has 27 heavy (non-hydrogen) atoms. The van der Waals surface area contributed by atoms with Gasteiger partial charge in [0.25, 0.3) is 11.8 Å². The minimum Gasteiger partial charge on any atom is -0.493 e. The summed E-state index contributed by atoms with van der Waals surface area (Å²) in [5, 5.41) is 0. The molecule has 0 aliphatic carbocycles. The van der Waals surface area contributed by atoms with E-state index in [-0.39, 0.29) is 11.8 Å². The third-order valence-corrected chi connectivity index (χ3v) is 4.97. The molecule has 0 spiro atoms. The lowest BCUT2D eigenvalue weighted by molar-refractivity contribution is -0.136. The third-order valence-electron chi connectivity index (χ3n) is 4.01. The first-order valence-corrected chi connectivity index (χ1v) is 10.5. The predicted octanol–water partition coefficient (Wildman–Crippen LogP) is 3.98. The highest BCUT2D eigenvalue weighted by Crippen LogP contribution is 2.36. The number of carbonyl (C=O) groups is 2. The van der Waals surface area contributed by atoms with Crippen LogP contribution in [0.3, 0.4) is 0 Å². The van der Waals surface area contributed by atoms with Crippen LogP contribution in [0.2, 0.25) is 0 Å². The molecule has 0 bridgehead atoms. The molecule has 1 aromatic carbocycles. The van der Waals surface area contributed by atoms with E-state index in [1.807, 2.05) is 38.1 Å². The molecule has 5 nitrogen and oxygen atoms in total.